The van der Waals surface area contributed by atoms with E-state index in [-0.39, 0.29) is 18.2 Å². The molecule has 0 spiro atoms. The van der Waals surface area contributed by atoms with Crippen molar-refractivity contribution in [3.05, 3.63) is 60.2 Å². The standard InChI is InChI=1S/C13H12FNS.ClH/c14-11-4-6-13(7-5-11)16-10-8-12-3-1-2-9-15-12;/h1-7,9H,8,10H2;1H. The topological polar surface area (TPSA) is 14.1 Å². The molecule has 2 rings (SSSR count). The third-order valence-electron chi connectivity index (χ3n) is 2.23. The van der Waals surface area contributed by atoms with Crippen molar-refractivity contribution in [3.63, 3.8) is 0 Å². The second kappa shape index (κ2) is 7.30. The summed E-state index contributed by atoms with van der Waals surface area (Å²) in [5.41, 5.74) is 1.22. The largest absolute Gasteiger partial charge is 1.00 e. The SMILES string of the molecule is Fc1ccc(SCCc2cccc[nH+]2)cc1.[Cl-]. The van der Waals surface area contributed by atoms with Crippen molar-refractivity contribution >= 4 is 11.8 Å². The van der Waals surface area contributed by atoms with E-state index in [0.717, 1.165) is 17.1 Å². The highest BCUT2D eigenvalue weighted by atomic mass is 35.5. The molecule has 0 bridgehead atoms. The summed E-state index contributed by atoms with van der Waals surface area (Å²) < 4.78 is 12.7. The van der Waals surface area contributed by atoms with Gasteiger partial charge in [-0.25, -0.2) is 9.37 Å². The first-order chi connectivity index (χ1) is 7.84. The van der Waals surface area contributed by atoms with Crippen molar-refractivity contribution < 1.29 is 21.8 Å². The van der Waals surface area contributed by atoms with Crippen molar-refractivity contribution in [2.24, 2.45) is 0 Å². The van der Waals surface area contributed by atoms with Crippen molar-refractivity contribution in [3.8, 4) is 0 Å². The fraction of sp³-hybridized carbons (Fsp3) is 0.154. The fourth-order valence-electron chi connectivity index (χ4n) is 1.40. The van der Waals surface area contributed by atoms with Crippen LogP contribution in [0.2, 0.25) is 0 Å². The average molecular weight is 270 g/mol. The van der Waals surface area contributed by atoms with Gasteiger partial charge in [-0.15, -0.1) is 11.8 Å². The van der Waals surface area contributed by atoms with Gasteiger partial charge in [-0.05, 0) is 24.3 Å². The molecule has 1 nitrogen and oxygen atoms in total. The van der Waals surface area contributed by atoms with Gasteiger partial charge in [0.15, 0.2) is 11.9 Å². The van der Waals surface area contributed by atoms with Crippen LogP contribution < -0.4 is 17.4 Å². The van der Waals surface area contributed by atoms with Gasteiger partial charge >= 0.3 is 0 Å². The summed E-state index contributed by atoms with van der Waals surface area (Å²) in [7, 11) is 0. The number of hydrogen-bond acceptors (Lipinski definition) is 1. The molecule has 1 aromatic heterocycles. The van der Waals surface area contributed by atoms with Crippen molar-refractivity contribution in [2.75, 3.05) is 5.75 Å². The Labute approximate surface area is 111 Å². The molecule has 2 aromatic rings. The number of hydrogen-bond donors (Lipinski definition) is 0. The van der Waals surface area contributed by atoms with Gasteiger partial charge in [-0.1, -0.05) is 6.07 Å². The molecular weight excluding hydrogens is 257 g/mol. The number of aromatic nitrogens is 1. The number of benzene rings is 1. The Hall–Kier alpha value is -1.06. The highest BCUT2D eigenvalue weighted by Crippen LogP contribution is 2.18. The normalized spacial score (nSPS) is 9.71. The number of aryl methyl sites for hydroxylation is 1. The molecule has 0 aliphatic carbocycles. The van der Waals surface area contributed by atoms with E-state index in [9.17, 15) is 4.39 Å². The molecule has 0 aliphatic heterocycles. The van der Waals surface area contributed by atoms with Crippen LogP contribution in [0.25, 0.3) is 0 Å². The van der Waals surface area contributed by atoms with Gasteiger partial charge in [0.25, 0.3) is 0 Å². The second-order valence-electron chi connectivity index (χ2n) is 3.44. The molecule has 0 amide bonds. The zero-order valence-corrected chi connectivity index (χ0v) is 10.8. The molecule has 0 fully saturated rings. The average Bonchev–Trinajstić information content (AvgIpc) is 2.33. The van der Waals surface area contributed by atoms with Crippen LogP contribution in [0.15, 0.2) is 53.6 Å². The summed E-state index contributed by atoms with van der Waals surface area (Å²) in [4.78, 5) is 4.30. The number of rotatable bonds is 4. The lowest BCUT2D eigenvalue weighted by Crippen LogP contribution is -3.00. The monoisotopic (exact) mass is 269 g/mol. The fourth-order valence-corrected chi connectivity index (χ4v) is 2.28. The zero-order valence-electron chi connectivity index (χ0n) is 9.20. The van der Waals surface area contributed by atoms with Crippen LogP contribution in [0.4, 0.5) is 4.39 Å². The molecule has 4 heteroatoms. The van der Waals surface area contributed by atoms with E-state index in [2.05, 4.69) is 11.1 Å². The minimum atomic E-state index is -0.180. The van der Waals surface area contributed by atoms with E-state index in [1.165, 1.54) is 17.8 Å². The van der Waals surface area contributed by atoms with Crippen LogP contribution >= 0.6 is 11.8 Å². The van der Waals surface area contributed by atoms with Crippen molar-refractivity contribution in [2.45, 2.75) is 11.3 Å². The maximum atomic E-state index is 12.7. The highest BCUT2D eigenvalue weighted by molar-refractivity contribution is 7.99. The Balaban J connectivity index is 0.00000144. The summed E-state index contributed by atoms with van der Waals surface area (Å²) in [5.74, 6) is 0.812. The summed E-state index contributed by atoms with van der Waals surface area (Å²) >= 11 is 1.74. The van der Waals surface area contributed by atoms with E-state index in [1.807, 2.05) is 30.5 Å². The number of nitrogens with one attached hydrogen (secondary N) is 1. The minimum absolute atomic E-state index is 0. The van der Waals surface area contributed by atoms with Crippen LogP contribution in [0.5, 0.6) is 0 Å². The first-order valence-electron chi connectivity index (χ1n) is 5.18. The molecule has 0 radical (unpaired) electrons. The third-order valence-corrected chi connectivity index (χ3v) is 3.24. The third kappa shape index (κ3) is 4.75. The lowest BCUT2D eigenvalue weighted by atomic mass is 10.3. The number of aromatic amines is 1. The Morgan fingerprint density at radius 2 is 1.82 bits per heavy atom. The number of H-pyrrole nitrogens is 1. The number of pyridine rings is 1. The van der Waals surface area contributed by atoms with Crippen LogP contribution in [-0.4, -0.2) is 5.75 Å². The summed E-state index contributed by atoms with van der Waals surface area (Å²) in [6.07, 6.45) is 2.92. The zero-order chi connectivity index (χ0) is 11.2. The highest BCUT2D eigenvalue weighted by Gasteiger charge is 2.00. The first kappa shape index (κ1) is 14.0. The lowest BCUT2D eigenvalue weighted by Gasteiger charge is -1.99. The Bertz CT molecular complexity index is 433. The summed E-state index contributed by atoms with van der Waals surface area (Å²) in [6, 6.07) is 12.7. The molecule has 17 heavy (non-hydrogen) atoms. The van der Waals surface area contributed by atoms with Crippen LogP contribution in [0, 0.1) is 5.82 Å². The molecule has 0 unspecified atom stereocenters. The molecule has 0 saturated carbocycles. The predicted molar refractivity (Wildman–Crippen MR) is 63.8 cm³/mol. The smallest absolute Gasteiger partial charge is 0.180 e. The molecule has 90 valence electrons. The maximum Gasteiger partial charge on any atom is 0.180 e. The summed E-state index contributed by atoms with van der Waals surface area (Å²) in [6.45, 7) is 0. The number of halogens is 2. The van der Waals surface area contributed by atoms with Gasteiger partial charge in [-0.3, -0.25) is 0 Å². The van der Waals surface area contributed by atoms with Crippen molar-refractivity contribution in [1.29, 1.82) is 0 Å². The second-order valence-corrected chi connectivity index (χ2v) is 4.61. The minimum Gasteiger partial charge on any atom is -1.00 e. The van der Waals surface area contributed by atoms with Gasteiger partial charge in [0.2, 0.25) is 0 Å². The molecule has 1 heterocycles. The Morgan fingerprint density at radius 1 is 1.06 bits per heavy atom. The lowest BCUT2D eigenvalue weighted by molar-refractivity contribution is -0.389. The quantitative estimate of drug-likeness (QED) is 0.712. The number of thioether (sulfide) groups is 1. The molecular formula is C13H13ClFNS. The molecule has 0 atom stereocenters. The van der Waals surface area contributed by atoms with E-state index in [4.69, 9.17) is 0 Å². The molecule has 0 aliphatic rings. The van der Waals surface area contributed by atoms with Gasteiger partial charge < -0.3 is 12.4 Å². The summed E-state index contributed by atoms with van der Waals surface area (Å²) in [5, 5.41) is 0. The van der Waals surface area contributed by atoms with Crippen LogP contribution in [0.3, 0.4) is 0 Å². The van der Waals surface area contributed by atoms with Gasteiger partial charge in [0, 0.05) is 29.2 Å². The van der Waals surface area contributed by atoms with E-state index in [0.29, 0.717) is 0 Å². The van der Waals surface area contributed by atoms with Gasteiger partial charge in [0.05, 0.1) is 0 Å². The van der Waals surface area contributed by atoms with E-state index in [1.54, 1.807) is 11.8 Å². The van der Waals surface area contributed by atoms with E-state index < -0.39 is 0 Å². The first-order valence-corrected chi connectivity index (χ1v) is 6.17. The Kier molecular flexibility index (Phi) is 6.01. The maximum absolute atomic E-state index is 12.7. The predicted octanol–water partition coefficient (Wildman–Crippen LogP) is -0.0214. The van der Waals surface area contributed by atoms with Gasteiger partial charge in [0.1, 0.15) is 5.82 Å². The van der Waals surface area contributed by atoms with Crippen molar-refractivity contribution in [1.82, 2.24) is 0 Å². The molecule has 0 saturated heterocycles. The van der Waals surface area contributed by atoms with Gasteiger partial charge in [-0.2, -0.15) is 0 Å². The van der Waals surface area contributed by atoms with Crippen LogP contribution in [-0.2, 0) is 6.42 Å². The van der Waals surface area contributed by atoms with E-state index >= 15 is 0 Å². The van der Waals surface area contributed by atoms with Crippen LogP contribution in [0.1, 0.15) is 5.69 Å². The Morgan fingerprint density at radius 3 is 2.47 bits per heavy atom. The molecule has 1 N–H and O–H groups in total. The molecule has 1 aromatic carbocycles.